The lowest BCUT2D eigenvalue weighted by Gasteiger charge is -2.15. The van der Waals surface area contributed by atoms with Crippen LogP contribution in [0.3, 0.4) is 0 Å². The molecule has 3 rings (SSSR count). The van der Waals surface area contributed by atoms with Crippen LogP contribution < -0.4 is 10.1 Å². The average Bonchev–Trinajstić information content (AvgIpc) is 2.80. The van der Waals surface area contributed by atoms with Crippen molar-refractivity contribution in [1.29, 1.82) is 0 Å². The fourth-order valence-electron chi connectivity index (χ4n) is 3.47. The second-order valence-corrected chi connectivity index (χ2v) is 8.98. The molecule has 184 valence electrons. The molecular weight excluding hydrogens is 479 g/mol. The van der Waals surface area contributed by atoms with Gasteiger partial charge in [-0.05, 0) is 73.9 Å². The van der Waals surface area contributed by atoms with Gasteiger partial charge >= 0.3 is 18.1 Å². The maximum absolute atomic E-state index is 12.4. The largest absolute Gasteiger partial charge is 0.478 e. The summed E-state index contributed by atoms with van der Waals surface area (Å²) >= 11 is 1.51. The molecule has 0 radical (unpaired) electrons. The van der Waals surface area contributed by atoms with E-state index in [0.717, 1.165) is 15.4 Å². The fourth-order valence-corrected chi connectivity index (χ4v) is 4.29. The Morgan fingerprint density at radius 1 is 1.00 bits per heavy atom. The van der Waals surface area contributed by atoms with E-state index in [2.05, 4.69) is 0 Å². The van der Waals surface area contributed by atoms with Crippen LogP contribution in [0.2, 0.25) is 0 Å². The lowest BCUT2D eigenvalue weighted by atomic mass is 10.0. The maximum Gasteiger partial charge on any atom is 0.471 e. The molecule has 3 aromatic rings. The second-order valence-electron chi connectivity index (χ2n) is 7.84. The Morgan fingerprint density at radius 2 is 1.60 bits per heavy atom. The van der Waals surface area contributed by atoms with Crippen LogP contribution in [-0.2, 0) is 17.6 Å². The highest BCUT2D eigenvalue weighted by Gasteiger charge is 2.39. The first kappa shape index (κ1) is 26.2. The third kappa shape index (κ3) is 7.26. The monoisotopic (exact) mass is 503 g/mol. The number of carbonyl (C=O) groups excluding carboxylic acids is 1. The minimum absolute atomic E-state index is 0.220. The van der Waals surface area contributed by atoms with Gasteiger partial charge in [-0.2, -0.15) is 13.2 Å². The van der Waals surface area contributed by atoms with Gasteiger partial charge in [0.25, 0.3) is 0 Å². The van der Waals surface area contributed by atoms with Crippen LogP contribution in [0, 0.1) is 0 Å². The third-order valence-corrected chi connectivity index (χ3v) is 6.12. The highest BCUT2D eigenvalue weighted by atomic mass is 32.2. The molecule has 0 saturated carbocycles. The standard InChI is InChI=1S/C26H24F3NO4S/c1-3-21-22(24(31)32)5-4-6-23(21)34-18-9-13-20(14-10-18)35-19-11-7-17(8-12-19)15-16(2)30-25(33)26(27,28)29/h4-14,16H,3,15H2,1-2H3,(H,30,33)(H,31,32)/t16-/m1/s1. The average molecular weight is 504 g/mol. The number of benzene rings is 3. The first-order valence-corrected chi connectivity index (χ1v) is 11.7. The van der Waals surface area contributed by atoms with Crippen molar-refractivity contribution >= 4 is 23.6 Å². The number of halogens is 3. The van der Waals surface area contributed by atoms with Gasteiger partial charge in [-0.1, -0.05) is 36.9 Å². The third-order valence-electron chi connectivity index (χ3n) is 5.10. The molecular formula is C26H24F3NO4S. The number of ether oxygens (including phenoxy) is 1. The zero-order valence-corrected chi connectivity index (χ0v) is 19.9. The zero-order valence-electron chi connectivity index (χ0n) is 19.1. The molecule has 2 N–H and O–H groups in total. The van der Waals surface area contributed by atoms with E-state index in [0.29, 0.717) is 23.5 Å². The summed E-state index contributed by atoms with van der Waals surface area (Å²) in [7, 11) is 0. The smallest absolute Gasteiger partial charge is 0.471 e. The summed E-state index contributed by atoms with van der Waals surface area (Å²) in [5.41, 5.74) is 1.66. The summed E-state index contributed by atoms with van der Waals surface area (Å²) < 4.78 is 43.1. The second kappa shape index (κ2) is 11.3. The van der Waals surface area contributed by atoms with Gasteiger partial charge in [0.15, 0.2) is 0 Å². The summed E-state index contributed by atoms with van der Waals surface area (Å²) in [6.07, 6.45) is -4.09. The molecule has 1 atom stereocenters. The number of carbonyl (C=O) groups is 2. The number of hydrogen-bond acceptors (Lipinski definition) is 4. The van der Waals surface area contributed by atoms with Gasteiger partial charge in [-0.3, -0.25) is 4.79 Å². The van der Waals surface area contributed by atoms with E-state index in [-0.39, 0.29) is 12.0 Å². The topological polar surface area (TPSA) is 75.6 Å². The molecule has 0 aromatic heterocycles. The number of carboxylic acid groups (broad SMARTS) is 1. The fraction of sp³-hybridized carbons (Fsp3) is 0.231. The number of alkyl halides is 3. The molecule has 0 aliphatic rings. The Morgan fingerprint density at radius 3 is 2.14 bits per heavy atom. The predicted octanol–water partition coefficient (Wildman–Crippen LogP) is 6.50. The van der Waals surface area contributed by atoms with Gasteiger partial charge in [0.05, 0.1) is 5.56 Å². The van der Waals surface area contributed by atoms with Crippen LogP contribution >= 0.6 is 11.8 Å². The van der Waals surface area contributed by atoms with Crippen LogP contribution in [0.1, 0.15) is 35.3 Å². The van der Waals surface area contributed by atoms with Crippen LogP contribution in [-0.4, -0.2) is 29.2 Å². The molecule has 0 unspecified atom stereocenters. The van der Waals surface area contributed by atoms with Crippen molar-refractivity contribution in [2.24, 2.45) is 0 Å². The first-order valence-electron chi connectivity index (χ1n) is 10.8. The van der Waals surface area contributed by atoms with Crippen molar-refractivity contribution in [3.05, 3.63) is 83.4 Å². The molecule has 3 aromatic carbocycles. The predicted molar refractivity (Wildman–Crippen MR) is 127 cm³/mol. The molecule has 5 nitrogen and oxygen atoms in total. The number of nitrogens with one attached hydrogen (secondary N) is 1. The van der Waals surface area contributed by atoms with E-state index in [9.17, 15) is 27.9 Å². The molecule has 35 heavy (non-hydrogen) atoms. The number of amides is 1. The van der Waals surface area contributed by atoms with Crippen LogP contribution in [0.5, 0.6) is 11.5 Å². The van der Waals surface area contributed by atoms with Crippen LogP contribution in [0.15, 0.2) is 76.5 Å². The molecule has 0 saturated heterocycles. The van der Waals surface area contributed by atoms with Crippen molar-refractivity contribution in [2.75, 3.05) is 0 Å². The Bertz CT molecular complexity index is 1180. The van der Waals surface area contributed by atoms with E-state index >= 15 is 0 Å². The molecule has 0 fully saturated rings. The Hall–Kier alpha value is -3.46. The minimum Gasteiger partial charge on any atom is -0.478 e. The van der Waals surface area contributed by atoms with Crippen molar-refractivity contribution in [3.8, 4) is 11.5 Å². The summed E-state index contributed by atoms with van der Waals surface area (Å²) in [6, 6.07) is 19.0. The van der Waals surface area contributed by atoms with E-state index < -0.39 is 24.1 Å². The first-order chi connectivity index (χ1) is 16.6. The summed E-state index contributed by atoms with van der Waals surface area (Å²) in [6.45, 7) is 3.40. The molecule has 0 aliphatic carbocycles. The molecule has 1 amide bonds. The van der Waals surface area contributed by atoms with Crippen molar-refractivity contribution in [2.45, 2.75) is 48.7 Å². The van der Waals surface area contributed by atoms with E-state index in [1.165, 1.54) is 18.7 Å². The molecule has 0 aliphatic heterocycles. The van der Waals surface area contributed by atoms with Gasteiger partial charge in [-0.25, -0.2) is 4.79 Å². The summed E-state index contributed by atoms with van der Waals surface area (Å²) in [4.78, 5) is 24.4. The van der Waals surface area contributed by atoms with Gasteiger partial charge in [-0.15, -0.1) is 0 Å². The number of aromatic carboxylic acids is 1. The van der Waals surface area contributed by atoms with Crippen LogP contribution in [0.25, 0.3) is 0 Å². The molecule has 9 heteroatoms. The number of hydrogen-bond donors (Lipinski definition) is 2. The van der Waals surface area contributed by atoms with E-state index in [1.807, 2.05) is 48.6 Å². The zero-order chi connectivity index (χ0) is 25.6. The SMILES string of the molecule is CCc1c(Oc2ccc(Sc3ccc(C[C@@H](C)NC(=O)C(F)(F)F)cc3)cc2)cccc1C(=O)O. The van der Waals surface area contributed by atoms with Gasteiger partial charge < -0.3 is 15.2 Å². The lowest BCUT2D eigenvalue weighted by Crippen LogP contribution is -2.42. The Kier molecular flexibility index (Phi) is 8.45. The minimum atomic E-state index is -4.89. The maximum atomic E-state index is 12.4. The van der Waals surface area contributed by atoms with Gasteiger partial charge in [0.2, 0.25) is 0 Å². The van der Waals surface area contributed by atoms with Gasteiger partial charge in [0, 0.05) is 21.4 Å². The summed E-state index contributed by atoms with van der Waals surface area (Å²) in [5.74, 6) is -1.85. The summed E-state index contributed by atoms with van der Waals surface area (Å²) in [5, 5.41) is 11.3. The van der Waals surface area contributed by atoms with Gasteiger partial charge in [0.1, 0.15) is 11.5 Å². The highest BCUT2D eigenvalue weighted by molar-refractivity contribution is 7.99. The highest BCUT2D eigenvalue weighted by Crippen LogP contribution is 2.32. The van der Waals surface area contributed by atoms with Crippen molar-refractivity contribution in [1.82, 2.24) is 5.32 Å². The van der Waals surface area contributed by atoms with Crippen molar-refractivity contribution in [3.63, 3.8) is 0 Å². The molecule has 0 bridgehead atoms. The quantitative estimate of drug-likeness (QED) is 0.349. The normalized spacial score (nSPS) is 12.1. The molecule has 0 spiro atoms. The van der Waals surface area contributed by atoms with Crippen molar-refractivity contribution < 1.29 is 32.6 Å². The molecule has 0 heterocycles. The van der Waals surface area contributed by atoms with E-state index in [4.69, 9.17) is 4.74 Å². The lowest BCUT2D eigenvalue weighted by molar-refractivity contribution is -0.174. The van der Waals surface area contributed by atoms with E-state index in [1.54, 1.807) is 30.3 Å². The Labute approximate surface area is 205 Å². The number of carboxylic acids is 1. The van der Waals surface area contributed by atoms with Crippen LogP contribution in [0.4, 0.5) is 13.2 Å². The number of rotatable bonds is 9. The Balaban J connectivity index is 1.60.